The van der Waals surface area contributed by atoms with Crippen LogP contribution in [0.25, 0.3) is 0 Å². The van der Waals surface area contributed by atoms with E-state index >= 15 is 0 Å². The second-order valence-corrected chi connectivity index (χ2v) is 5.16. The predicted molar refractivity (Wildman–Crippen MR) is 82.4 cm³/mol. The molecule has 116 valence electrons. The Morgan fingerprint density at radius 1 is 1.10 bits per heavy atom. The van der Waals surface area contributed by atoms with Gasteiger partial charge in [-0.15, -0.1) is 0 Å². The molecule has 0 radical (unpaired) electrons. The quantitative estimate of drug-likeness (QED) is 0.590. The molecule has 4 nitrogen and oxygen atoms in total. The van der Waals surface area contributed by atoms with Crippen molar-refractivity contribution in [3.05, 3.63) is 29.8 Å². The Kier molecular flexibility index (Phi) is 7.84. The molecule has 0 fully saturated rings. The largest absolute Gasteiger partial charge is 0.491 e. The van der Waals surface area contributed by atoms with Gasteiger partial charge in [0, 0.05) is 19.3 Å². The molecule has 1 rings (SSSR count). The van der Waals surface area contributed by atoms with Gasteiger partial charge >= 0.3 is 0 Å². The van der Waals surface area contributed by atoms with E-state index < -0.39 is 0 Å². The molecule has 1 aromatic carbocycles. The third-order valence-electron chi connectivity index (χ3n) is 3.06. The van der Waals surface area contributed by atoms with Crippen molar-refractivity contribution < 1.29 is 19.3 Å². The molecule has 0 saturated heterocycles. The monoisotopic (exact) mass is 292 g/mol. The number of hydrogen-bond acceptors (Lipinski definition) is 4. The average molecular weight is 292 g/mol. The molecule has 4 heteroatoms. The summed E-state index contributed by atoms with van der Waals surface area (Å²) >= 11 is 0. The topological polar surface area (TPSA) is 47.9 Å². The van der Waals surface area contributed by atoms with Gasteiger partial charge in [-0.3, -0.25) is 0 Å². The van der Waals surface area contributed by atoms with Crippen LogP contribution in [-0.2, 0) is 9.47 Å². The number of ether oxygens (including phenoxy) is 3. The summed E-state index contributed by atoms with van der Waals surface area (Å²) in [6.07, 6.45) is 0.849. The maximum Gasteiger partial charge on any atom is 0.119 e. The van der Waals surface area contributed by atoms with Crippen molar-refractivity contribution in [3.8, 4) is 17.6 Å². The maximum absolute atomic E-state index is 8.62. The molecular formula is C17H24O4. The molecule has 0 amide bonds. The minimum atomic E-state index is -0.147. The van der Waals surface area contributed by atoms with E-state index in [2.05, 4.69) is 11.8 Å². The highest BCUT2D eigenvalue weighted by Crippen LogP contribution is 2.13. The van der Waals surface area contributed by atoms with Crippen LogP contribution in [0.15, 0.2) is 24.3 Å². The molecule has 0 unspecified atom stereocenters. The van der Waals surface area contributed by atoms with Crippen LogP contribution in [0.5, 0.6) is 5.75 Å². The molecule has 0 spiro atoms. The first kappa shape index (κ1) is 17.5. The van der Waals surface area contributed by atoms with Gasteiger partial charge in [-0.25, -0.2) is 0 Å². The van der Waals surface area contributed by atoms with Gasteiger partial charge in [-0.1, -0.05) is 11.8 Å². The van der Waals surface area contributed by atoms with Crippen molar-refractivity contribution in [3.63, 3.8) is 0 Å². The molecule has 0 heterocycles. The van der Waals surface area contributed by atoms with Crippen molar-refractivity contribution in [2.45, 2.75) is 25.9 Å². The number of aliphatic hydroxyl groups excluding tert-OH is 1. The molecule has 0 aliphatic heterocycles. The van der Waals surface area contributed by atoms with Crippen LogP contribution in [-0.4, -0.2) is 44.2 Å². The third-order valence-corrected chi connectivity index (χ3v) is 3.06. The van der Waals surface area contributed by atoms with Crippen molar-refractivity contribution in [1.82, 2.24) is 0 Å². The number of rotatable bonds is 8. The van der Waals surface area contributed by atoms with Gasteiger partial charge in [-0.2, -0.15) is 0 Å². The second-order valence-electron chi connectivity index (χ2n) is 5.16. The van der Waals surface area contributed by atoms with E-state index in [4.69, 9.17) is 19.3 Å². The SMILES string of the molecule is COC(C)(C)CCOCCOc1ccc(C#CCO)cc1. The van der Waals surface area contributed by atoms with Crippen LogP contribution in [0.1, 0.15) is 25.8 Å². The van der Waals surface area contributed by atoms with E-state index in [1.165, 1.54) is 0 Å². The zero-order chi connectivity index (χ0) is 15.6. The van der Waals surface area contributed by atoms with E-state index in [0.717, 1.165) is 17.7 Å². The summed E-state index contributed by atoms with van der Waals surface area (Å²) in [7, 11) is 1.71. The number of benzene rings is 1. The van der Waals surface area contributed by atoms with Crippen molar-refractivity contribution in [2.75, 3.05) is 33.5 Å². The highest BCUT2D eigenvalue weighted by Gasteiger charge is 2.15. The lowest BCUT2D eigenvalue weighted by Gasteiger charge is -2.22. The number of hydrogen-bond donors (Lipinski definition) is 1. The smallest absolute Gasteiger partial charge is 0.119 e. The Morgan fingerprint density at radius 2 is 1.81 bits per heavy atom. The Labute approximate surface area is 127 Å². The molecule has 0 aliphatic carbocycles. The van der Waals surface area contributed by atoms with Crippen LogP contribution in [0, 0.1) is 11.8 Å². The summed E-state index contributed by atoms with van der Waals surface area (Å²) < 4.78 is 16.4. The van der Waals surface area contributed by atoms with E-state index in [1.54, 1.807) is 7.11 Å². The molecule has 21 heavy (non-hydrogen) atoms. The van der Waals surface area contributed by atoms with Gasteiger partial charge in [0.15, 0.2) is 0 Å². The van der Waals surface area contributed by atoms with Gasteiger partial charge in [0.05, 0.1) is 12.2 Å². The Morgan fingerprint density at radius 3 is 2.43 bits per heavy atom. The van der Waals surface area contributed by atoms with Crippen molar-refractivity contribution >= 4 is 0 Å². The molecule has 1 N–H and O–H groups in total. The van der Waals surface area contributed by atoms with E-state index in [1.807, 2.05) is 38.1 Å². The second kappa shape index (κ2) is 9.41. The summed E-state index contributed by atoms with van der Waals surface area (Å²) in [4.78, 5) is 0. The lowest BCUT2D eigenvalue weighted by Crippen LogP contribution is -2.24. The summed E-state index contributed by atoms with van der Waals surface area (Å²) in [5, 5.41) is 8.62. The lowest BCUT2D eigenvalue weighted by atomic mass is 10.1. The number of aliphatic hydroxyl groups is 1. The summed E-state index contributed by atoms with van der Waals surface area (Å²) in [6.45, 7) is 5.65. The van der Waals surface area contributed by atoms with Crippen LogP contribution in [0.2, 0.25) is 0 Å². The van der Waals surface area contributed by atoms with Crippen LogP contribution in [0.4, 0.5) is 0 Å². The Balaban J connectivity index is 2.18. The van der Waals surface area contributed by atoms with Gasteiger partial charge in [0.1, 0.15) is 19.0 Å². The highest BCUT2D eigenvalue weighted by molar-refractivity contribution is 5.38. The van der Waals surface area contributed by atoms with Crippen LogP contribution >= 0.6 is 0 Å². The van der Waals surface area contributed by atoms with Gasteiger partial charge in [-0.05, 0) is 44.5 Å². The number of methoxy groups -OCH3 is 1. The zero-order valence-electron chi connectivity index (χ0n) is 13.0. The molecule has 0 saturated carbocycles. The fourth-order valence-electron chi connectivity index (χ4n) is 1.52. The predicted octanol–water partition coefficient (Wildman–Crippen LogP) is 2.24. The molecule has 0 aliphatic rings. The third kappa shape index (κ3) is 7.72. The molecule has 0 atom stereocenters. The first-order chi connectivity index (χ1) is 10.1. The molecule has 0 bridgehead atoms. The van der Waals surface area contributed by atoms with Gasteiger partial charge in [0.2, 0.25) is 0 Å². The van der Waals surface area contributed by atoms with E-state index in [0.29, 0.717) is 19.8 Å². The fraction of sp³-hybridized carbons (Fsp3) is 0.529. The summed E-state index contributed by atoms with van der Waals surface area (Å²) in [5.74, 6) is 6.22. The molecular weight excluding hydrogens is 268 g/mol. The molecule has 0 aromatic heterocycles. The average Bonchev–Trinajstić information content (AvgIpc) is 2.50. The van der Waals surface area contributed by atoms with Crippen LogP contribution in [0.3, 0.4) is 0 Å². The van der Waals surface area contributed by atoms with Gasteiger partial charge in [0.25, 0.3) is 0 Å². The van der Waals surface area contributed by atoms with Crippen LogP contribution < -0.4 is 4.74 Å². The summed E-state index contributed by atoms with van der Waals surface area (Å²) in [5.41, 5.74) is 0.709. The van der Waals surface area contributed by atoms with Crippen molar-refractivity contribution in [2.24, 2.45) is 0 Å². The first-order valence-corrected chi connectivity index (χ1v) is 7.03. The first-order valence-electron chi connectivity index (χ1n) is 7.03. The highest BCUT2D eigenvalue weighted by atomic mass is 16.5. The fourth-order valence-corrected chi connectivity index (χ4v) is 1.52. The molecule has 1 aromatic rings. The summed E-state index contributed by atoms with van der Waals surface area (Å²) in [6, 6.07) is 7.44. The zero-order valence-corrected chi connectivity index (χ0v) is 13.0. The maximum atomic E-state index is 8.62. The standard InChI is InChI=1S/C17H24O4/c1-17(2,19-3)10-12-20-13-14-21-16-8-6-15(7-9-16)5-4-11-18/h6-9,18H,10-14H2,1-3H3. The minimum Gasteiger partial charge on any atom is -0.491 e. The lowest BCUT2D eigenvalue weighted by molar-refractivity contribution is -0.0128. The Hall–Kier alpha value is -1.54. The normalized spacial score (nSPS) is 10.9. The van der Waals surface area contributed by atoms with Gasteiger partial charge < -0.3 is 19.3 Å². The van der Waals surface area contributed by atoms with E-state index in [-0.39, 0.29) is 12.2 Å². The minimum absolute atomic E-state index is 0.129. The van der Waals surface area contributed by atoms with E-state index in [9.17, 15) is 0 Å². The Bertz CT molecular complexity index is 454. The van der Waals surface area contributed by atoms with Crippen molar-refractivity contribution in [1.29, 1.82) is 0 Å².